The van der Waals surface area contributed by atoms with Crippen LogP contribution in [0.5, 0.6) is 0 Å². The molecule has 3 rings (SSSR count). The second kappa shape index (κ2) is 7.39. The summed E-state index contributed by atoms with van der Waals surface area (Å²) in [4.78, 5) is 37.4. The fourth-order valence-electron chi connectivity index (χ4n) is 3.02. The molecule has 0 radical (unpaired) electrons. The number of benzene rings is 2. The third kappa shape index (κ3) is 3.74. The summed E-state index contributed by atoms with van der Waals surface area (Å²) >= 11 is 0. The number of amides is 2. The van der Waals surface area contributed by atoms with Crippen LogP contribution in [-0.4, -0.2) is 29.4 Å². The van der Waals surface area contributed by atoms with Crippen LogP contribution in [0.1, 0.15) is 29.3 Å². The summed E-state index contributed by atoms with van der Waals surface area (Å²) in [6.07, 6.45) is 1.06. The molecule has 1 fully saturated rings. The van der Waals surface area contributed by atoms with Crippen molar-refractivity contribution in [1.29, 1.82) is 0 Å². The SMILES string of the molecule is CCc1ccc(N2C[C@@H](C(=O)Nc3cccc(C(=O)O)c3)CC2=O)cc1. The molecule has 0 bridgehead atoms. The highest BCUT2D eigenvalue weighted by Crippen LogP contribution is 2.26. The van der Waals surface area contributed by atoms with Gasteiger partial charge in [0.05, 0.1) is 11.5 Å². The highest BCUT2D eigenvalue weighted by Gasteiger charge is 2.35. The molecule has 6 heteroatoms. The molecular weight excluding hydrogens is 332 g/mol. The van der Waals surface area contributed by atoms with Gasteiger partial charge in [-0.1, -0.05) is 25.1 Å². The van der Waals surface area contributed by atoms with Gasteiger partial charge in [0.2, 0.25) is 11.8 Å². The third-order valence-corrected chi connectivity index (χ3v) is 4.53. The summed E-state index contributed by atoms with van der Waals surface area (Å²) < 4.78 is 0. The summed E-state index contributed by atoms with van der Waals surface area (Å²) in [7, 11) is 0. The van der Waals surface area contributed by atoms with Crippen molar-refractivity contribution < 1.29 is 19.5 Å². The lowest BCUT2D eigenvalue weighted by atomic mass is 10.1. The Morgan fingerprint density at radius 3 is 2.58 bits per heavy atom. The average Bonchev–Trinajstić information content (AvgIpc) is 3.04. The molecule has 26 heavy (non-hydrogen) atoms. The van der Waals surface area contributed by atoms with E-state index in [1.807, 2.05) is 24.3 Å². The summed E-state index contributed by atoms with van der Waals surface area (Å²) in [5.74, 6) is -1.90. The molecule has 2 aromatic carbocycles. The number of hydrogen-bond donors (Lipinski definition) is 2. The Labute approximate surface area is 151 Å². The molecule has 1 atom stereocenters. The number of carbonyl (C=O) groups is 3. The van der Waals surface area contributed by atoms with Crippen molar-refractivity contribution in [1.82, 2.24) is 0 Å². The number of aryl methyl sites for hydroxylation is 1. The number of carboxylic acids is 1. The molecule has 0 aromatic heterocycles. The van der Waals surface area contributed by atoms with Crippen molar-refractivity contribution in [3.05, 3.63) is 59.7 Å². The van der Waals surface area contributed by atoms with E-state index in [0.29, 0.717) is 12.2 Å². The minimum atomic E-state index is -1.06. The second-order valence-corrected chi connectivity index (χ2v) is 6.30. The maximum atomic E-state index is 12.5. The number of hydrogen-bond acceptors (Lipinski definition) is 3. The maximum Gasteiger partial charge on any atom is 0.335 e. The van der Waals surface area contributed by atoms with Gasteiger partial charge in [-0.2, -0.15) is 0 Å². The zero-order valence-electron chi connectivity index (χ0n) is 14.4. The van der Waals surface area contributed by atoms with Gasteiger partial charge in [-0.3, -0.25) is 9.59 Å². The molecule has 1 aliphatic rings. The summed E-state index contributed by atoms with van der Waals surface area (Å²) in [5, 5.41) is 11.7. The molecular formula is C20H20N2O4. The lowest BCUT2D eigenvalue weighted by molar-refractivity contribution is -0.122. The van der Waals surface area contributed by atoms with E-state index in [1.54, 1.807) is 17.0 Å². The van der Waals surface area contributed by atoms with Gasteiger partial charge in [0.15, 0.2) is 0 Å². The topological polar surface area (TPSA) is 86.7 Å². The highest BCUT2D eigenvalue weighted by molar-refractivity contribution is 6.03. The van der Waals surface area contributed by atoms with Crippen LogP contribution in [0.4, 0.5) is 11.4 Å². The molecule has 0 spiro atoms. The van der Waals surface area contributed by atoms with Gasteiger partial charge in [0, 0.05) is 24.3 Å². The maximum absolute atomic E-state index is 12.5. The van der Waals surface area contributed by atoms with Crippen molar-refractivity contribution in [3.63, 3.8) is 0 Å². The Balaban J connectivity index is 1.68. The van der Waals surface area contributed by atoms with Gasteiger partial charge >= 0.3 is 5.97 Å². The van der Waals surface area contributed by atoms with Crippen molar-refractivity contribution in [2.45, 2.75) is 19.8 Å². The second-order valence-electron chi connectivity index (χ2n) is 6.30. The molecule has 6 nitrogen and oxygen atoms in total. The monoisotopic (exact) mass is 352 g/mol. The fraction of sp³-hybridized carbons (Fsp3) is 0.250. The number of nitrogens with zero attached hydrogens (tertiary/aromatic N) is 1. The molecule has 1 saturated heterocycles. The van der Waals surface area contributed by atoms with Gasteiger partial charge in [0.25, 0.3) is 0 Å². The van der Waals surface area contributed by atoms with Gasteiger partial charge in [0.1, 0.15) is 0 Å². The number of carbonyl (C=O) groups excluding carboxylic acids is 2. The molecule has 2 N–H and O–H groups in total. The molecule has 0 aliphatic carbocycles. The van der Waals surface area contributed by atoms with E-state index in [9.17, 15) is 14.4 Å². The van der Waals surface area contributed by atoms with E-state index in [1.165, 1.54) is 17.7 Å². The lowest BCUT2D eigenvalue weighted by Gasteiger charge is -2.17. The van der Waals surface area contributed by atoms with Crippen molar-refractivity contribution >= 4 is 29.2 Å². The van der Waals surface area contributed by atoms with Gasteiger partial charge in [-0.15, -0.1) is 0 Å². The van der Waals surface area contributed by atoms with E-state index < -0.39 is 11.9 Å². The summed E-state index contributed by atoms with van der Waals surface area (Å²) in [5.41, 5.74) is 2.49. The minimum absolute atomic E-state index is 0.0892. The molecule has 1 heterocycles. The lowest BCUT2D eigenvalue weighted by Crippen LogP contribution is -2.28. The van der Waals surface area contributed by atoms with Crippen LogP contribution in [0.25, 0.3) is 0 Å². The first-order chi connectivity index (χ1) is 12.5. The Hall–Kier alpha value is -3.15. The van der Waals surface area contributed by atoms with Crippen LogP contribution in [-0.2, 0) is 16.0 Å². The fourth-order valence-corrected chi connectivity index (χ4v) is 3.02. The first kappa shape index (κ1) is 17.7. The van der Waals surface area contributed by atoms with Crippen LogP contribution in [0.2, 0.25) is 0 Å². The standard InChI is InChI=1S/C20H20N2O4/c1-2-13-6-8-17(9-7-13)22-12-15(11-18(22)23)19(24)21-16-5-3-4-14(10-16)20(25)26/h3-10,15H,2,11-12H2,1H3,(H,21,24)(H,25,26)/t15-/m0/s1. The van der Waals surface area contributed by atoms with Crippen molar-refractivity contribution in [2.24, 2.45) is 5.92 Å². The number of aromatic carboxylic acids is 1. The van der Waals surface area contributed by atoms with Gasteiger partial charge in [-0.25, -0.2) is 4.79 Å². The van der Waals surface area contributed by atoms with Crippen LogP contribution in [0, 0.1) is 5.92 Å². The van der Waals surface area contributed by atoms with Gasteiger partial charge < -0.3 is 15.3 Å². The number of carboxylic acid groups (broad SMARTS) is 1. The normalized spacial score (nSPS) is 16.6. The third-order valence-electron chi connectivity index (χ3n) is 4.53. The van der Waals surface area contributed by atoms with E-state index in [2.05, 4.69) is 12.2 Å². The predicted octanol–water partition coefficient (Wildman–Crippen LogP) is 2.94. The van der Waals surface area contributed by atoms with Crippen LogP contribution >= 0.6 is 0 Å². The Morgan fingerprint density at radius 1 is 1.19 bits per heavy atom. The molecule has 2 amide bonds. The zero-order valence-corrected chi connectivity index (χ0v) is 14.4. The first-order valence-electron chi connectivity index (χ1n) is 8.51. The Bertz CT molecular complexity index is 845. The molecule has 0 saturated carbocycles. The minimum Gasteiger partial charge on any atom is -0.478 e. The van der Waals surface area contributed by atoms with Crippen LogP contribution in [0.3, 0.4) is 0 Å². The number of rotatable bonds is 5. The summed E-state index contributed by atoms with van der Waals surface area (Å²) in [6, 6.07) is 13.8. The van der Waals surface area contributed by atoms with E-state index in [-0.39, 0.29) is 23.8 Å². The molecule has 0 unspecified atom stereocenters. The smallest absolute Gasteiger partial charge is 0.335 e. The van der Waals surface area contributed by atoms with E-state index >= 15 is 0 Å². The van der Waals surface area contributed by atoms with Crippen LogP contribution < -0.4 is 10.2 Å². The van der Waals surface area contributed by atoms with Crippen LogP contribution in [0.15, 0.2) is 48.5 Å². The number of nitrogens with one attached hydrogen (secondary N) is 1. The highest BCUT2D eigenvalue weighted by atomic mass is 16.4. The van der Waals surface area contributed by atoms with Crippen molar-refractivity contribution in [3.8, 4) is 0 Å². The predicted molar refractivity (Wildman–Crippen MR) is 98.3 cm³/mol. The number of anilines is 2. The average molecular weight is 352 g/mol. The van der Waals surface area contributed by atoms with Crippen molar-refractivity contribution in [2.75, 3.05) is 16.8 Å². The van der Waals surface area contributed by atoms with E-state index in [0.717, 1.165) is 12.1 Å². The van der Waals surface area contributed by atoms with Gasteiger partial charge in [-0.05, 0) is 42.3 Å². The quantitative estimate of drug-likeness (QED) is 0.866. The largest absolute Gasteiger partial charge is 0.478 e. The van der Waals surface area contributed by atoms with E-state index in [4.69, 9.17) is 5.11 Å². The first-order valence-corrected chi connectivity index (χ1v) is 8.51. The summed E-state index contributed by atoms with van der Waals surface area (Å²) in [6.45, 7) is 2.38. The molecule has 134 valence electrons. The Kier molecular flexibility index (Phi) is 5.02. The molecule has 2 aromatic rings. The molecule has 1 aliphatic heterocycles. The Morgan fingerprint density at radius 2 is 1.92 bits per heavy atom. The zero-order chi connectivity index (χ0) is 18.7.